The van der Waals surface area contributed by atoms with E-state index in [4.69, 9.17) is 4.42 Å². The van der Waals surface area contributed by atoms with Crippen LogP contribution in [0.4, 0.5) is 0 Å². The molecule has 0 saturated heterocycles. The molecule has 52 heavy (non-hydrogen) atoms. The SMILES string of the molecule is c1ccc2c(c1)oc1cc(-n3c4ccccc4c4ccc(-c5ccc6c(c5)c5ccccc5n6-c5ccc6sc7ccccc7c6c5)cc43)ccc12. The van der Waals surface area contributed by atoms with Crippen LogP contribution in [0.2, 0.25) is 0 Å². The lowest BCUT2D eigenvalue weighted by Crippen LogP contribution is -1.94. The highest BCUT2D eigenvalue weighted by Crippen LogP contribution is 2.41. The molecule has 0 aliphatic carbocycles. The summed E-state index contributed by atoms with van der Waals surface area (Å²) < 4.78 is 13.8. The monoisotopic (exact) mass is 680 g/mol. The molecule has 4 heteroatoms. The fraction of sp³-hybridized carbons (Fsp3) is 0. The molecular weight excluding hydrogens is 653 g/mol. The Morgan fingerprint density at radius 3 is 1.75 bits per heavy atom. The summed E-state index contributed by atoms with van der Waals surface area (Å²) in [5, 5.41) is 9.88. The van der Waals surface area contributed by atoms with Gasteiger partial charge in [0, 0.05) is 69.9 Å². The molecule has 12 aromatic rings. The van der Waals surface area contributed by atoms with Gasteiger partial charge < -0.3 is 13.6 Å². The Morgan fingerprint density at radius 1 is 0.327 bits per heavy atom. The Bertz CT molecular complexity index is 3430. The van der Waals surface area contributed by atoms with E-state index in [1.54, 1.807) is 0 Å². The van der Waals surface area contributed by atoms with Crippen molar-refractivity contribution in [2.24, 2.45) is 0 Å². The van der Waals surface area contributed by atoms with E-state index < -0.39 is 0 Å². The number of fused-ring (bicyclic) bond motifs is 12. The molecule has 0 aliphatic rings. The van der Waals surface area contributed by atoms with Gasteiger partial charge >= 0.3 is 0 Å². The van der Waals surface area contributed by atoms with Crippen LogP contribution in [0.25, 0.3) is 108 Å². The Labute approximate surface area is 301 Å². The van der Waals surface area contributed by atoms with Crippen LogP contribution in [0.1, 0.15) is 0 Å². The van der Waals surface area contributed by atoms with Crippen molar-refractivity contribution in [3.8, 4) is 22.5 Å². The van der Waals surface area contributed by atoms with Gasteiger partial charge in [-0.25, -0.2) is 0 Å². The van der Waals surface area contributed by atoms with Gasteiger partial charge in [0.1, 0.15) is 11.2 Å². The van der Waals surface area contributed by atoms with Crippen LogP contribution in [0, 0.1) is 0 Å². The molecular formula is C48H28N2OS. The predicted octanol–water partition coefficient (Wildman–Crippen LogP) is 13.8. The summed E-state index contributed by atoms with van der Waals surface area (Å²) in [5.74, 6) is 0. The van der Waals surface area contributed by atoms with Crippen molar-refractivity contribution in [3.05, 3.63) is 170 Å². The van der Waals surface area contributed by atoms with E-state index in [2.05, 4.69) is 167 Å². The summed E-state index contributed by atoms with van der Waals surface area (Å²) in [6.45, 7) is 0. The van der Waals surface area contributed by atoms with Gasteiger partial charge in [-0.15, -0.1) is 11.3 Å². The molecule has 8 aromatic carbocycles. The molecule has 12 rings (SSSR count). The molecule has 0 radical (unpaired) electrons. The topological polar surface area (TPSA) is 23.0 Å². The molecule has 0 bridgehead atoms. The van der Waals surface area contributed by atoms with Crippen LogP contribution < -0.4 is 0 Å². The van der Waals surface area contributed by atoms with E-state index in [9.17, 15) is 0 Å². The summed E-state index contributed by atoms with van der Waals surface area (Å²) in [4.78, 5) is 0. The summed E-state index contributed by atoms with van der Waals surface area (Å²) in [6, 6.07) is 61.9. The third kappa shape index (κ3) is 3.90. The third-order valence-corrected chi connectivity index (χ3v) is 12.1. The molecule has 0 unspecified atom stereocenters. The Balaban J connectivity index is 1.05. The maximum Gasteiger partial charge on any atom is 0.137 e. The molecule has 0 atom stereocenters. The zero-order valence-corrected chi connectivity index (χ0v) is 28.7. The molecule has 4 aromatic heterocycles. The fourth-order valence-electron chi connectivity index (χ4n) is 8.57. The molecule has 3 nitrogen and oxygen atoms in total. The van der Waals surface area contributed by atoms with Crippen molar-refractivity contribution in [2.45, 2.75) is 0 Å². The standard InChI is InChI=1S/C48H28N2OS/c1-5-13-41-33(9-1)35-21-17-30(26-44(35)50(41)32-19-22-37-36-11-3-7-15-45(36)51-46(37)28-32)29-18-23-43-39(25-29)34-10-2-6-14-42(34)49(43)31-20-24-48-40(27-31)38-12-4-8-16-47(38)52-48/h1-28H. The van der Waals surface area contributed by atoms with Gasteiger partial charge in [-0.1, -0.05) is 91.0 Å². The molecule has 4 heterocycles. The molecule has 0 spiro atoms. The average Bonchev–Trinajstić information content (AvgIpc) is 3.94. The molecule has 0 aliphatic heterocycles. The first-order valence-electron chi connectivity index (χ1n) is 17.7. The third-order valence-electron chi connectivity index (χ3n) is 10.9. The first-order chi connectivity index (χ1) is 25.8. The van der Waals surface area contributed by atoms with Crippen LogP contribution in [-0.4, -0.2) is 9.13 Å². The lowest BCUT2D eigenvalue weighted by Gasteiger charge is -2.10. The number of furan rings is 1. The van der Waals surface area contributed by atoms with Gasteiger partial charge in [-0.3, -0.25) is 0 Å². The maximum absolute atomic E-state index is 6.34. The number of aromatic nitrogens is 2. The Hall–Kier alpha value is -6.62. The van der Waals surface area contributed by atoms with Gasteiger partial charge in [0.2, 0.25) is 0 Å². The van der Waals surface area contributed by atoms with E-state index in [-0.39, 0.29) is 0 Å². The number of nitrogens with zero attached hydrogens (tertiary/aromatic N) is 2. The van der Waals surface area contributed by atoms with Gasteiger partial charge in [-0.2, -0.15) is 0 Å². The van der Waals surface area contributed by atoms with Crippen molar-refractivity contribution in [2.75, 3.05) is 0 Å². The fourth-order valence-corrected chi connectivity index (χ4v) is 9.65. The highest BCUT2D eigenvalue weighted by Gasteiger charge is 2.18. The first-order valence-corrected chi connectivity index (χ1v) is 18.5. The van der Waals surface area contributed by atoms with Crippen molar-refractivity contribution in [1.29, 1.82) is 0 Å². The molecule has 0 fully saturated rings. The van der Waals surface area contributed by atoms with Crippen molar-refractivity contribution < 1.29 is 4.42 Å². The van der Waals surface area contributed by atoms with Gasteiger partial charge in [-0.05, 0) is 83.9 Å². The minimum Gasteiger partial charge on any atom is -0.456 e. The molecule has 0 saturated carbocycles. The minimum atomic E-state index is 0.897. The minimum absolute atomic E-state index is 0.897. The van der Waals surface area contributed by atoms with Crippen LogP contribution in [-0.2, 0) is 0 Å². The second kappa shape index (κ2) is 10.5. The highest BCUT2D eigenvalue weighted by molar-refractivity contribution is 7.25. The van der Waals surface area contributed by atoms with Crippen LogP contribution in [0.5, 0.6) is 0 Å². The lowest BCUT2D eigenvalue weighted by atomic mass is 10.0. The number of thiophene rings is 1. The van der Waals surface area contributed by atoms with Gasteiger partial charge in [0.25, 0.3) is 0 Å². The number of hydrogen-bond donors (Lipinski definition) is 0. The lowest BCUT2D eigenvalue weighted by molar-refractivity contribution is 0.668. The number of hydrogen-bond acceptors (Lipinski definition) is 2. The average molecular weight is 681 g/mol. The van der Waals surface area contributed by atoms with Crippen molar-refractivity contribution >= 4 is 97.1 Å². The van der Waals surface area contributed by atoms with E-state index in [1.165, 1.54) is 80.6 Å². The predicted molar refractivity (Wildman–Crippen MR) is 221 cm³/mol. The largest absolute Gasteiger partial charge is 0.456 e. The summed E-state index contributed by atoms with van der Waals surface area (Å²) >= 11 is 1.86. The van der Waals surface area contributed by atoms with E-state index in [1.807, 2.05) is 23.5 Å². The van der Waals surface area contributed by atoms with Crippen LogP contribution in [0.3, 0.4) is 0 Å². The smallest absolute Gasteiger partial charge is 0.137 e. The zero-order chi connectivity index (χ0) is 33.9. The number of benzene rings is 8. The second-order valence-corrected chi connectivity index (χ2v) is 14.8. The zero-order valence-electron chi connectivity index (χ0n) is 27.9. The quantitative estimate of drug-likeness (QED) is 0.182. The van der Waals surface area contributed by atoms with E-state index >= 15 is 0 Å². The van der Waals surface area contributed by atoms with Crippen LogP contribution in [0.15, 0.2) is 174 Å². The summed E-state index contributed by atoms with van der Waals surface area (Å²) in [6.07, 6.45) is 0. The molecule has 242 valence electrons. The highest BCUT2D eigenvalue weighted by atomic mass is 32.1. The normalized spacial score (nSPS) is 12.2. The Kier molecular flexibility index (Phi) is 5.65. The maximum atomic E-state index is 6.34. The van der Waals surface area contributed by atoms with Gasteiger partial charge in [0.05, 0.1) is 22.1 Å². The molecule has 0 N–H and O–H groups in total. The summed E-state index contributed by atoms with van der Waals surface area (Å²) in [7, 11) is 0. The number of rotatable bonds is 3. The van der Waals surface area contributed by atoms with E-state index in [0.717, 1.165) is 27.6 Å². The second-order valence-electron chi connectivity index (χ2n) is 13.7. The van der Waals surface area contributed by atoms with E-state index in [0.29, 0.717) is 0 Å². The van der Waals surface area contributed by atoms with Crippen LogP contribution >= 0.6 is 11.3 Å². The van der Waals surface area contributed by atoms with Crippen molar-refractivity contribution in [1.82, 2.24) is 9.13 Å². The number of para-hydroxylation sites is 3. The Morgan fingerprint density at radius 2 is 0.885 bits per heavy atom. The molecule has 0 amide bonds. The van der Waals surface area contributed by atoms with Crippen molar-refractivity contribution in [3.63, 3.8) is 0 Å². The van der Waals surface area contributed by atoms with Gasteiger partial charge in [0.15, 0.2) is 0 Å². The summed E-state index contributed by atoms with van der Waals surface area (Å²) in [5.41, 5.74) is 11.2. The first kappa shape index (κ1) is 28.1.